The maximum absolute atomic E-state index is 13.1. The molecular weight excluding hydrogens is 496 g/mol. The summed E-state index contributed by atoms with van der Waals surface area (Å²) in [6.07, 6.45) is -4.75. The number of hydrogen-bond acceptors (Lipinski definition) is 5. The molecule has 1 N–H and O–H groups in total. The van der Waals surface area contributed by atoms with Gasteiger partial charge in [0.15, 0.2) is 0 Å². The van der Waals surface area contributed by atoms with Crippen LogP contribution >= 0.6 is 22.6 Å². The fraction of sp³-hybridized carbons (Fsp3) is 0.0588. The van der Waals surface area contributed by atoms with Gasteiger partial charge in [0, 0.05) is 38.9 Å². The van der Waals surface area contributed by atoms with Crippen molar-refractivity contribution >= 4 is 50.8 Å². The molecule has 0 bridgehead atoms. The molecule has 0 atom stereocenters. The van der Waals surface area contributed by atoms with Gasteiger partial charge < -0.3 is 9.73 Å². The zero-order valence-corrected chi connectivity index (χ0v) is 15.7. The number of benzene rings is 2. The highest BCUT2D eigenvalue weighted by atomic mass is 127. The maximum Gasteiger partial charge on any atom is 0.417 e. The predicted octanol–water partition coefficient (Wildman–Crippen LogP) is 4.58. The van der Waals surface area contributed by atoms with Crippen LogP contribution in [0.4, 0.5) is 24.5 Å². The maximum atomic E-state index is 13.1. The molecule has 0 fully saturated rings. The number of halogens is 4. The average Bonchev–Trinajstić information content (AvgIpc) is 2.60. The van der Waals surface area contributed by atoms with E-state index in [1.54, 1.807) is 0 Å². The second-order valence-electron chi connectivity index (χ2n) is 5.56. The molecule has 0 radical (unpaired) electrons. The number of amides is 1. The number of anilines is 1. The van der Waals surface area contributed by atoms with E-state index in [0.29, 0.717) is 9.64 Å². The molecule has 0 aliphatic rings. The smallest absolute Gasteiger partial charge is 0.417 e. The molecule has 0 saturated heterocycles. The molecule has 0 unspecified atom stereocenters. The van der Waals surface area contributed by atoms with E-state index >= 15 is 0 Å². The van der Waals surface area contributed by atoms with Gasteiger partial charge in [-0.3, -0.25) is 14.9 Å². The lowest BCUT2D eigenvalue weighted by atomic mass is 10.1. The Morgan fingerprint density at radius 2 is 1.86 bits per heavy atom. The molecule has 0 spiro atoms. The Kier molecular flexibility index (Phi) is 5.10. The summed E-state index contributed by atoms with van der Waals surface area (Å²) in [6, 6.07) is 7.42. The first-order valence-corrected chi connectivity index (χ1v) is 8.54. The van der Waals surface area contributed by atoms with E-state index in [1.165, 1.54) is 18.2 Å². The van der Waals surface area contributed by atoms with Crippen molar-refractivity contribution in [3.63, 3.8) is 0 Å². The number of nitro groups is 1. The van der Waals surface area contributed by atoms with Crippen LogP contribution in [-0.4, -0.2) is 10.8 Å². The lowest BCUT2D eigenvalue weighted by Gasteiger charge is -2.11. The summed E-state index contributed by atoms with van der Waals surface area (Å²) >= 11 is 1.82. The van der Waals surface area contributed by atoms with E-state index in [2.05, 4.69) is 5.32 Å². The minimum atomic E-state index is -4.75. The van der Waals surface area contributed by atoms with Gasteiger partial charge in [0.05, 0.1) is 16.1 Å². The Hall–Kier alpha value is -2.96. The zero-order valence-electron chi connectivity index (χ0n) is 13.5. The van der Waals surface area contributed by atoms with Gasteiger partial charge in [0.1, 0.15) is 5.58 Å². The third kappa shape index (κ3) is 3.98. The molecule has 1 aromatic heterocycles. The number of fused-ring (bicyclic) bond motifs is 1. The summed E-state index contributed by atoms with van der Waals surface area (Å²) < 4.78 is 44.5. The molecule has 144 valence electrons. The minimum absolute atomic E-state index is 0.0143. The lowest BCUT2D eigenvalue weighted by molar-refractivity contribution is -0.384. The van der Waals surface area contributed by atoms with Crippen molar-refractivity contribution in [3.8, 4) is 0 Å². The van der Waals surface area contributed by atoms with Gasteiger partial charge in [-0.1, -0.05) is 0 Å². The highest BCUT2D eigenvalue weighted by Crippen LogP contribution is 2.34. The number of nitro benzene ring substituents is 1. The zero-order chi connectivity index (χ0) is 20.6. The van der Waals surface area contributed by atoms with Crippen LogP contribution in [-0.2, 0) is 6.18 Å². The molecule has 0 aliphatic carbocycles. The van der Waals surface area contributed by atoms with Gasteiger partial charge in [0.25, 0.3) is 11.6 Å². The monoisotopic (exact) mass is 504 g/mol. The summed E-state index contributed by atoms with van der Waals surface area (Å²) in [7, 11) is 0. The van der Waals surface area contributed by atoms with Crippen LogP contribution in [0.15, 0.2) is 51.7 Å². The van der Waals surface area contributed by atoms with Crippen LogP contribution in [0.1, 0.15) is 15.9 Å². The summed E-state index contributed by atoms with van der Waals surface area (Å²) in [6.45, 7) is 0. The van der Waals surface area contributed by atoms with Gasteiger partial charge >= 0.3 is 11.8 Å². The quantitative estimate of drug-likeness (QED) is 0.244. The topological polar surface area (TPSA) is 102 Å². The summed E-state index contributed by atoms with van der Waals surface area (Å²) in [5.74, 6) is -0.707. The van der Waals surface area contributed by atoms with Crippen molar-refractivity contribution in [1.82, 2.24) is 0 Å². The molecule has 1 amide bonds. The van der Waals surface area contributed by atoms with Gasteiger partial charge in [-0.15, -0.1) is 0 Å². The Bertz CT molecular complexity index is 1170. The van der Waals surface area contributed by atoms with Crippen molar-refractivity contribution in [2.75, 3.05) is 5.32 Å². The molecule has 0 saturated carbocycles. The number of nitrogens with one attached hydrogen (secondary N) is 1. The third-order valence-corrected chi connectivity index (χ3v) is 4.65. The molecular formula is C17H8F3IN2O5. The highest BCUT2D eigenvalue weighted by Gasteiger charge is 2.33. The molecule has 3 rings (SSSR count). The van der Waals surface area contributed by atoms with E-state index < -0.39 is 28.2 Å². The number of alkyl halides is 3. The number of non-ortho nitro benzene ring substituents is 1. The highest BCUT2D eigenvalue weighted by molar-refractivity contribution is 14.1. The number of rotatable bonds is 3. The fourth-order valence-corrected chi connectivity index (χ4v) is 3.05. The van der Waals surface area contributed by atoms with Gasteiger partial charge in [-0.05, 0) is 40.8 Å². The summed E-state index contributed by atoms with van der Waals surface area (Å²) in [5, 5.41) is 13.0. The van der Waals surface area contributed by atoms with Gasteiger partial charge in [-0.2, -0.15) is 13.2 Å². The molecule has 2 aromatic carbocycles. The second kappa shape index (κ2) is 7.22. The second-order valence-corrected chi connectivity index (χ2v) is 6.73. The number of carbonyl (C=O) groups is 1. The molecule has 3 aromatic rings. The first-order valence-electron chi connectivity index (χ1n) is 7.46. The largest absolute Gasteiger partial charge is 0.423 e. The van der Waals surface area contributed by atoms with Crippen molar-refractivity contribution in [2.45, 2.75) is 6.18 Å². The molecule has 7 nitrogen and oxygen atoms in total. The summed E-state index contributed by atoms with van der Waals surface area (Å²) in [5.41, 5.74) is -2.90. The van der Waals surface area contributed by atoms with Crippen molar-refractivity contribution in [1.29, 1.82) is 0 Å². The first-order chi connectivity index (χ1) is 13.1. The normalized spacial score (nSPS) is 11.4. The predicted molar refractivity (Wildman–Crippen MR) is 101 cm³/mol. The molecule has 1 heterocycles. The minimum Gasteiger partial charge on any atom is -0.423 e. The number of nitrogens with zero attached hydrogens (tertiary/aromatic N) is 1. The van der Waals surface area contributed by atoms with Crippen LogP contribution in [0.5, 0.6) is 0 Å². The fourth-order valence-electron chi connectivity index (χ4n) is 2.47. The van der Waals surface area contributed by atoms with E-state index in [1.807, 2.05) is 22.6 Å². The summed E-state index contributed by atoms with van der Waals surface area (Å²) in [4.78, 5) is 34.1. The van der Waals surface area contributed by atoms with Crippen LogP contribution in [0.3, 0.4) is 0 Å². The molecule has 11 heteroatoms. The lowest BCUT2D eigenvalue weighted by Crippen LogP contribution is -2.14. The first kappa shape index (κ1) is 19.8. The van der Waals surface area contributed by atoms with Crippen molar-refractivity contribution in [3.05, 3.63) is 77.7 Å². The van der Waals surface area contributed by atoms with E-state index in [9.17, 15) is 32.9 Å². The van der Waals surface area contributed by atoms with Crippen LogP contribution in [0.2, 0.25) is 0 Å². The van der Waals surface area contributed by atoms with E-state index in [4.69, 9.17) is 4.42 Å². The Balaban J connectivity index is 2.00. The number of carbonyl (C=O) groups excluding carboxylic acids is 1. The van der Waals surface area contributed by atoms with E-state index in [0.717, 1.165) is 18.2 Å². The SMILES string of the molecule is O=C(Nc1ccc2c(C(F)(F)F)cc(=O)oc2c1)c1cc([N+](=O)[O-])ccc1I. The van der Waals surface area contributed by atoms with E-state index in [-0.39, 0.29) is 27.9 Å². The molecule has 0 aliphatic heterocycles. The Morgan fingerprint density at radius 1 is 1.14 bits per heavy atom. The van der Waals surface area contributed by atoms with Crippen LogP contribution in [0, 0.1) is 13.7 Å². The average molecular weight is 504 g/mol. The Morgan fingerprint density at radius 3 is 2.50 bits per heavy atom. The Labute approximate surface area is 167 Å². The van der Waals surface area contributed by atoms with Gasteiger partial charge in [0.2, 0.25) is 0 Å². The third-order valence-electron chi connectivity index (χ3n) is 3.71. The number of hydrogen-bond donors (Lipinski definition) is 1. The van der Waals surface area contributed by atoms with Crippen LogP contribution in [0.25, 0.3) is 11.0 Å². The van der Waals surface area contributed by atoms with Crippen LogP contribution < -0.4 is 10.9 Å². The standard InChI is InChI=1S/C17H8F3IN2O5/c18-17(19,20)12-7-15(24)28-14-5-8(1-3-10(12)14)22-16(25)11-6-9(23(26)27)2-4-13(11)21/h1-7H,(H,22,25). The van der Waals surface area contributed by atoms with Gasteiger partial charge in [-0.25, -0.2) is 4.79 Å². The van der Waals surface area contributed by atoms with Crippen molar-refractivity contribution < 1.29 is 27.3 Å². The molecule has 28 heavy (non-hydrogen) atoms. The van der Waals surface area contributed by atoms with Crippen molar-refractivity contribution in [2.24, 2.45) is 0 Å².